The maximum Gasteiger partial charge on any atom is 0.131 e. The summed E-state index contributed by atoms with van der Waals surface area (Å²) < 4.78 is 5.80. The van der Waals surface area contributed by atoms with Gasteiger partial charge in [-0.3, -0.25) is 0 Å². The van der Waals surface area contributed by atoms with Gasteiger partial charge in [-0.05, 0) is 49.1 Å². The standard InChI is InChI=1S/C22H26N4OS/c1-17-25-20(16-28-17)15-27-21-7-4-18(5-8-21)12-23-13-19-6-9-22(24-14-19)26-10-2-3-11-26/h4-9,14,16,23H,2-3,10-13,15H2,1H3. The number of nitrogens with one attached hydrogen (secondary N) is 1. The van der Waals surface area contributed by atoms with Crippen molar-refractivity contribution in [1.29, 1.82) is 0 Å². The van der Waals surface area contributed by atoms with E-state index in [1.807, 2.05) is 30.6 Å². The molecule has 0 radical (unpaired) electrons. The highest BCUT2D eigenvalue weighted by Gasteiger charge is 2.12. The van der Waals surface area contributed by atoms with Gasteiger partial charge in [-0.2, -0.15) is 0 Å². The monoisotopic (exact) mass is 394 g/mol. The Balaban J connectivity index is 1.21. The Morgan fingerprint density at radius 3 is 2.46 bits per heavy atom. The molecule has 5 nitrogen and oxygen atoms in total. The van der Waals surface area contributed by atoms with Gasteiger partial charge >= 0.3 is 0 Å². The molecule has 1 fully saturated rings. The highest BCUT2D eigenvalue weighted by atomic mass is 32.1. The van der Waals surface area contributed by atoms with Gasteiger partial charge in [0.2, 0.25) is 0 Å². The molecule has 6 heteroatoms. The van der Waals surface area contributed by atoms with E-state index in [4.69, 9.17) is 4.74 Å². The number of aryl methyl sites for hydroxylation is 1. The van der Waals surface area contributed by atoms with Gasteiger partial charge in [0.05, 0.1) is 10.7 Å². The molecule has 0 atom stereocenters. The smallest absolute Gasteiger partial charge is 0.131 e. The van der Waals surface area contributed by atoms with Crippen molar-refractivity contribution in [2.24, 2.45) is 0 Å². The highest BCUT2D eigenvalue weighted by Crippen LogP contribution is 2.18. The summed E-state index contributed by atoms with van der Waals surface area (Å²) in [6, 6.07) is 12.5. The van der Waals surface area contributed by atoms with Crippen LogP contribution in [0.15, 0.2) is 48.0 Å². The number of hydrogen-bond donors (Lipinski definition) is 1. The summed E-state index contributed by atoms with van der Waals surface area (Å²) in [5.74, 6) is 1.97. The average Bonchev–Trinajstić information content (AvgIpc) is 3.40. The number of anilines is 1. The summed E-state index contributed by atoms with van der Waals surface area (Å²) in [5, 5.41) is 6.60. The van der Waals surface area contributed by atoms with Crippen LogP contribution in [0.5, 0.6) is 5.75 Å². The predicted octanol–water partition coefficient (Wildman–Crippen LogP) is 4.32. The van der Waals surface area contributed by atoms with Gasteiger partial charge in [-0.1, -0.05) is 18.2 Å². The van der Waals surface area contributed by atoms with E-state index in [1.54, 1.807) is 11.3 Å². The highest BCUT2D eigenvalue weighted by molar-refractivity contribution is 7.09. The van der Waals surface area contributed by atoms with E-state index in [-0.39, 0.29) is 0 Å². The second-order valence-electron chi connectivity index (χ2n) is 7.11. The Bertz CT molecular complexity index is 870. The van der Waals surface area contributed by atoms with Gasteiger partial charge in [0, 0.05) is 37.8 Å². The van der Waals surface area contributed by atoms with Crippen LogP contribution in [0.25, 0.3) is 0 Å². The maximum atomic E-state index is 5.80. The fourth-order valence-electron chi connectivity index (χ4n) is 3.34. The number of aromatic nitrogens is 2. The Kier molecular flexibility index (Phi) is 6.19. The van der Waals surface area contributed by atoms with E-state index >= 15 is 0 Å². The number of nitrogens with zero attached hydrogens (tertiary/aromatic N) is 3. The molecule has 0 amide bonds. The van der Waals surface area contributed by atoms with Crippen molar-refractivity contribution < 1.29 is 4.74 Å². The largest absolute Gasteiger partial charge is 0.487 e. The van der Waals surface area contributed by atoms with Gasteiger partial charge in [0.1, 0.15) is 18.2 Å². The third-order valence-electron chi connectivity index (χ3n) is 4.87. The summed E-state index contributed by atoms with van der Waals surface area (Å²) in [6.45, 7) is 6.42. The first-order valence-corrected chi connectivity index (χ1v) is 10.7. The molecule has 1 aromatic carbocycles. The minimum absolute atomic E-state index is 0.516. The molecule has 0 bridgehead atoms. The third kappa shape index (κ3) is 5.09. The van der Waals surface area contributed by atoms with Crippen molar-refractivity contribution in [3.8, 4) is 5.75 Å². The first kappa shape index (κ1) is 18.9. The molecular weight excluding hydrogens is 368 g/mol. The van der Waals surface area contributed by atoms with Crippen LogP contribution in [-0.4, -0.2) is 23.1 Å². The summed E-state index contributed by atoms with van der Waals surface area (Å²) in [4.78, 5) is 11.4. The van der Waals surface area contributed by atoms with Crippen LogP contribution in [0.4, 0.5) is 5.82 Å². The molecule has 28 heavy (non-hydrogen) atoms. The van der Waals surface area contributed by atoms with Gasteiger partial charge < -0.3 is 15.0 Å². The normalized spacial score (nSPS) is 13.8. The lowest BCUT2D eigenvalue weighted by Crippen LogP contribution is -2.19. The van der Waals surface area contributed by atoms with E-state index in [9.17, 15) is 0 Å². The fourth-order valence-corrected chi connectivity index (χ4v) is 3.94. The molecule has 1 saturated heterocycles. The second-order valence-corrected chi connectivity index (χ2v) is 8.18. The number of benzene rings is 1. The van der Waals surface area contributed by atoms with E-state index in [1.165, 1.54) is 24.0 Å². The summed E-state index contributed by atoms with van der Waals surface area (Å²) in [7, 11) is 0. The molecule has 4 rings (SSSR count). The van der Waals surface area contributed by atoms with Crippen LogP contribution < -0.4 is 15.0 Å². The Labute approximate surface area is 170 Å². The zero-order valence-corrected chi connectivity index (χ0v) is 17.0. The minimum Gasteiger partial charge on any atom is -0.487 e. The molecule has 0 spiro atoms. The molecule has 146 valence electrons. The lowest BCUT2D eigenvalue weighted by molar-refractivity contribution is 0.302. The van der Waals surface area contributed by atoms with Crippen LogP contribution in [0.2, 0.25) is 0 Å². The van der Waals surface area contributed by atoms with Gasteiger partial charge in [0.15, 0.2) is 0 Å². The number of hydrogen-bond acceptors (Lipinski definition) is 6. The SMILES string of the molecule is Cc1nc(COc2ccc(CNCc3ccc(N4CCCC4)nc3)cc2)cs1. The Morgan fingerprint density at radius 1 is 1.04 bits per heavy atom. The number of pyridine rings is 1. The molecule has 0 saturated carbocycles. The van der Waals surface area contributed by atoms with Crippen molar-refractivity contribution >= 4 is 17.2 Å². The topological polar surface area (TPSA) is 50.3 Å². The number of thiazole rings is 1. The molecule has 3 aromatic rings. The minimum atomic E-state index is 0.516. The summed E-state index contributed by atoms with van der Waals surface area (Å²) >= 11 is 1.65. The number of ether oxygens (including phenoxy) is 1. The molecular formula is C22H26N4OS. The summed E-state index contributed by atoms with van der Waals surface area (Å²) in [5.41, 5.74) is 3.43. The molecule has 1 N–H and O–H groups in total. The van der Waals surface area contributed by atoms with Crippen LogP contribution in [0, 0.1) is 6.92 Å². The number of rotatable bonds is 8. The van der Waals surface area contributed by atoms with Crippen LogP contribution in [0.1, 0.15) is 34.7 Å². The van der Waals surface area contributed by atoms with Gasteiger partial charge in [0.25, 0.3) is 0 Å². The average molecular weight is 395 g/mol. The van der Waals surface area contributed by atoms with E-state index in [0.717, 1.165) is 48.4 Å². The van der Waals surface area contributed by atoms with Crippen molar-refractivity contribution in [1.82, 2.24) is 15.3 Å². The Hall–Kier alpha value is -2.44. The summed E-state index contributed by atoms with van der Waals surface area (Å²) in [6.07, 6.45) is 4.54. The third-order valence-corrected chi connectivity index (χ3v) is 5.70. The van der Waals surface area contributed by atoms with Crippen LogP contribution >= 0.6 is 11.3 Å². The zero-order valence-electron chi connectivity index (χ0n) is 16.2. The molecule has 1 aliphatic heterocycles. The first-order valence-electron chi connectivity index (χ1n) is 9.79. The van der Waals surface area contributed by atoms with Gasteiger partial charge in [-0.15, -0.1) is 11.3 Å². The molecule has 1 aliphatic rings. The van der Waals surface area contributed by atoms with Crippen molar-refractivity contribution in [2.45, 2.75) is 39.5 Å². The van der Waals surface area contributed by atoms with Crippen LogP contribution in [0.3, 0.4) is 0 Å². The van der Waals surface area contributed by atoms with Gasteiger partial charge in [-0.25, -0.2) is 9.97 Å². The molecule has 2 aromatic heterocycles. The quantitative estimate of drug-likeness (QED) is 0.617. The van der Waals surface area contributed by atoms with E-state index < -0.39 is 0 Å². The van der Waals surface area contributed by atoms with Crippen molar-refractivity contribution in [3.63, 3.8) is 0 Å². The van der Waals surface area contributed by atoms with Crippen molar-refractivity contribution in [3.05, 3.63) is 69.8 Å². The second kappa shape index (κ2) is 9.17. The molecule has 0 unspecified atom stereocenters. The zero-order chi connectivity index (χ0) is 19.2. The van der Waals surface area contributed by atoms with Crippen molar-refractivity contribution in [2.75, 3.05) is 18.0 Å². The predicted molar refractivity (Wildman–Crippen MR) is 114 cm³/mol. The Morgan fingerprint density at radius 2 is 1.79 bits per heavy atom. The lowest BCUT2D eigenvalue weighted by atomic mass is 10.2. The first-order chi connectivity index (χ1) is 13.8. The van der Waals surface area contributed by atoms with Crippen LogP contribution in [-0.2, 0) is 19.7 Å². The molecule has 3 heterocycles. The van der Waals surface area contributed by atoms with E-state index in [0.29, 0.717) is 6.61 Å². The lowest BCUT2D eigenvalue weighted by Gasteiger charge is -2.16. The fraction of sp³-hybridized carbons (Fsp3) is 0.364. The molecule has 0 aliphatic carbocycles. The maximum absolute atomic E-state index is 5.80. The van der Waals surface area contributed by atoms with E-state index in [2.05, 4.69) is 44.5 Å².